The Hall–Kier alpha value is -0.420. The third-order valence-corrected chi connectivity index (χ3v) is 3.27. The third-order valence-electron chi connectivity index (χ3n) is 2.46. The molecule has 5 heteroatoms. The van der Waals surface area contributed by atoms with E-state index in [9.17, 15) is 9.00 Å². The molecule has 1 aliphatic rings. The Morgan fingerprint density at radius 1 is 1.64 bits per heavy atom. The number of amides is 1. The second kappa shape index (κ2) is 4.40. The van der Waals surface area contributed by atoms with Gasteiger partial charge < -0.3 is 11.1 Å². The van der Waals surface area contributed by atoms with Gasteiger partial charge in [-0.25, -0.2) is 0 Å². The van der Waals surface area contributed by atoms with Crippen LogP contribution in [-0.4, -0.2) is 33.7 Å². The molecule has 1 fully saturated rings. The van der Waals surface area contributed by atoms with Crippen molar-refractivity contribution in [1.29, 1.82) is 0 Å². The molecule has 1 amide bonds. The smallest absolute Gasteiger partial charge is 0.240 e. The van der Waals surface area contributed by atoms with Gasteiger partial charge in [0.2, 0.25) is 5.91 Å². The second-order valence-electron chi connectivity index (χ2n) is 4.10. The van der Waals surface area contributed by atoms with Crippen LogP contribution in [0, 0.1) is 0 Å². The summed E-state index contributed by atoms with van der Waals surface area (Å²) in [6, 6.07) is 0.0624. The fourth-order valence-corrected chi connectivity index (χ4v) is 1.83. The lowest BCUT2D eigenvalue weighted by Gasteiger charge is -2.16. The van der Waals surface area contributed by atoms with Crippen LogP contribution in [-0.2, 0) is 15.6 Å². The average Bonchev–Trinajstić information content (AvgIpc) is 2.81. The van der Waals surface area contributed by atoms with Crippen LogP contribution < -0.4 is 11.1 Å². The quantitative estimate of drug-likeness (QED) is 0.668. The molecule has 2 atom stereocenters. The summed E-state index contributed by atoms with van der Waals surface area (Å²) in [5.74, 6) is 0.561. The van der Waals surface area contributed by atoms with Crippen molar-refractivity contribution in [3.05, 3.63) is 0 Å². The van der Waals surface area contributed by atoms with Gasteiger partial charge in [-0.1, -0.05) is 0 Å². The van der Waals surface area contributed by atoms with E-state index in [4.69, 9.17) is 5.73 Å². The molecule has 14 heavy (non-hydrogen) atoms. The number of hydrogen-bond acceptors (Lipinski definition) is 3. The average molecular weight is 218 g/mol. The Kier molecular flexibility index (Phi) is 3.66. The lowest BCUT2D eigenvalue weighted by molar-refractivity contribution is -0.123. The molecule has 0 aromatic carbocycles. The topological polar surface area (TPSA) is 72.2 Å². The minimum absolute atomic E-state index is 0.0624. The Balaban J connectivity index is 2.23. The lowest BCUT2D eigenvalue weighted by Crippen LogP contribution is -2.46. The summed E-state index contributed by atoms with van der Waals surface area (Å²) < 4.78 is 10.8. The summed E-state index contributed by atoms with van der Waals surface area (Å²) >= 11 is 0. The minimum Gasteiger partial charge on any atom is -0.352 e. The maximum absolute atomic E-state index is 11.5. The molecule has 1 aliphatic carbocycles. The minimum atomic E-state index is -0.789. The van der Waals surface area contributed by atoms with Gasteiger partial charge >= 0.3 is 0 Å². The summed E-state index contributed by atoms with van der Waals surface area (Å²) in [6.07, 6.45) is 3.97. The van der Waals surface area contributed by atoms with Gasteiger partial charge in [0.05, 0.1) is 5.54 Å². The van der Waals surface area contributed by atoms with E-state index in [2.05, 4.69) is 5.32 Å². The highest BCUT2D eigenvalue weighted by Gasteiger charge is 2.46. The van der Waals surface area contributed by atoms with Crippen LogP contribution in [0.15, 0.2) is 0 Å². The summed E-state index contributed by atoms with van der Waals surface area (Å²) in [5.41, 5.74) is 5.12. The molecule has 0 heterocycles. The van der Waals surface area contributed by atoms with E-state index in [1.807, 2.05) is 6.92 Å². The van der Waals surface area contributed by atoms with Crippen LogP contribution in [0.2, 0.25) is 0 Å². The SMILES string of the molecule is CC(CCS(C)=O)NC(=O)C1(N)CC1. The van der Waals surface area contributed by atoms with Crippen molar-refractivity contribution in [3.63, 3.8) is 0 Å². The number of carbonyl (C=O) groups excluding carboxylic acids is 1. The van der Waals surface area contributed by atoms with Crippen LogP contribution in [0.1, 0.15) is 26.2 Å². The molecule has 0 radical (unpaired) electrons. The van der Waals surface area contributed by atoms with Gasteiger partial charge in [-0.2, -0.15) is 0 Å². The van der Waals surface area contributed by atoms with E-state index in [0.29, 0.717) is 5.75 Å². The molecule has 0 aliphatic heterocycles. The number of nitrogens with two attached hydrogens (primary N) is 1. The van der Waals surface area contributed by atoms with Gasteiger partial charge in [-0.05, 0) is 26.2 Å². The van der Waals surface area contributed by atoms with Gasteiger partial charge in [-0.3, -0.25) is 9.00 Å². The van der Waals surface area contributed by atoms with Crippen molar-refractivity contribution in [3.8, 4) is 0 Å². The normalized spacial score (nSPS) is 22.5. The molecule has 0 spiro atoms. The van der Waals surface area contributed by atoms with Crippen LogP contribution in [0.3, 0.4) is 0 Å². The van der Waals surface area contributed by atoms with Crippen LogP contribution in [0.25, 0.3) is 0 Å². The first-order valence-corrected chi connectivity index (χ1v) is 6.56. The van der Waals surface area contributed by atoms with E-state index >= 15 is 0 Å². The van der Waals surface area contributed by atoms with Crippen LogP contribution >= 0.6 is 0 Å². The van der Waals surface area contributed by atoms with Gasteiger partial charge in [-0.15, -0.1) is 0 Å². The highest BCUT2D eigenvalue weighted by Crippen LogP contribution is 2.32. The van der Waals surface area contributed by atoms with Crippen molar-refractivity contribution >= 4 is 16.7 Å². The maximum Gasteiger partial charge on any atom is 0.240 e. The molecule has 0 bridgehead atoms. The zero-order valence-corrected chi connectivity index (χ0v) is 9.52. The second-order valence-corrected chi connectivity index (χ2v) is 5.65. The Morgan fingerprint density at radius 2 is 2.21 bits per heavy atom. The first-order chi connectivity index (χ1) is 6.44. The standard InChI is InChI=1S/C9H18N2O2S/c1-7(3-6-14(2)13)11-8(12)9(10)4-5-9/h7H,3-6,10H2,1-2H3,(H,11,12). The Labute approximate surface area is 87.1 Å². The lowest BCUT2D eigenvalue weighted by atomic mass is 10.2. The number of carbonyl (C=O) groups is 1. The highest BCUT2D eigenvalue weighted by molar-refractivity contribution is 7.84. The van der Waals surface area contributed by atoms with Gasteiger partial charge in [0.1, 0.15) is 0 Å². The predicted molar refractivity (Wildman–Crippen MR) is 57.3 cm³/mol. The van der Waals surface area contributed by atoms with Crippen molar-refractivity contribution < 1.29 is 9.00 Å². The molecule has 2 unspecified atom stereocenters. The van der Waals surface area contributed by atoms with E-state index < -0.39 is 16.3 Å². The summed E-state index contributed by atoms with van der Waals surface area (Å²) in [5, 5.41) is 2.84. The zero-order chi connectivity index (χ0) is 10.8. The molecule has 0 aromatic heterocycles. The van der Waals surface area contributed by atoms with E-state index in [1.54, 1.807) is 6.26 Å². The van der Waals surface area contributed by atoms with Crippen molar-refractivity contribution in [2.75, 3.05) is 12.0 Å². The van der Waals surface area contributed by atoms with Crippen molar-refractivity contribution in [1.82, 2.24) is 5.32 Å². The fraction of sp³-hybridized carbons (Fsp3) is 0.889. The molecular formula is C9H18N2O2S. The van der Waals surface area contributed by atoms with Crippen LogP contribution in [0.4, 0.5) is 0 Å². The molecular weight excluding hydrogens is 200 g/mol. The first-order valence-electron chi connectivity index (χ1n) is 4.84. The van der Waals surface area contributed by atoms with Gasteiger partial charge in [0.25, 0.3) is 0 Å². The summed E-state index contributed by atoms with van der Waals surface area (Å²) in [7, 11) is -0.789. The van der Waals surface area contributed by atoms with Gasteiger partial charge in [0.15, 0.2) is 0 Å². The zero-order valence-electron chi connectivity index (χ0n) is 8.71. The Bertz CT molecular complexity index is 251. The van der Waals surface area contributed by atoms with E-state index in [1.165, 1.54) is 0 Å². The number of hydrogen-bond donors (Lipinski definition) is 2. The molecule has 1 rings (SSSR count). The maximum atomic E-state index is 11.5. The molecule has 3 N–H and O–H groups in total. The molecule has 1 saturated carbocycles. The van der Waals surface area contributed by atoms with Crippen molar-refractivity contribution in [2.24, 2.45) is 5.73 Å². The largest absolute Gasteiger partial charge is 0.352 e. The van der Waals surface area contributed by atoms with E-state index in [-0.39, 0.29) is 11.9 Å². The van der Waals surface area contributed by atoms with Gasteiger partial charge in [0, 0.05) is 28.9 Å². The van der Waals surface area contributed by atoms with E-state index in [0.717, 1.165) is 19.3 Å². The molecule has 0 aromatic rings. The monoisotopic (exact) mass is 218 g/mol. The molecule has 0 saturated heterocycles. The number of rotatable bonds is 5. The third kappa shape index (κ3) is 3.38. The first kappa shape index (κ1) is 11.7. The molecule has 82 valence electrons. The van der Waals surface area contributed by atoms with Crippen LogP contribution in [0.5, 0.6) is 0 Å². The number of nitrogens with one attached hydrogen (secondary N) is 1. The Morgan fingerprint density at radius 3 is 2.64 bits per heavy atom. The predicted octanol–water partition coefficient (Wildman–Crippen LogP) is -0.249. The summed E-state index contributed by atoms with van der Waals surface area (Å²) in [4.78, 5) is 11.5. The van der Waals surface area contributed by atoms with Crippen molar-refractivity contribution in [2.45, 2.75) is 37.8 Å². The summed E-state index contributed by atoms with van der Waals surface area (Å²) in [6.45, 7) is 1.91. The molecule has 4 nitrogen and oxygen atoms in total. The highest BCUT2D eigenvalue weighted by atomic mass is 32.2. The fourth-order valence-electron chi connectivity index (χ4n) is 1.14.